The molecule has 2 aromatic carbocycles. The number of hydrogen-bond acceptors (Lipinski definition) is 3. The van der Waals surface area contributed by atoms with Gasteiger partial charge in [-0.3, -0.25) is 4.99 Å². The van der Waals surface area contributed by atoms with E-state index in [0.717, 1.165) is 30.0 Å². The van der Waals surface area contributed by atoms with E-state index in [9.17, 15) is 0 Å². The summed E-state index contributed by atoms with van der Waals surface area (Å²) in [5.41, 5.74) is 9.85. The molecule has 5 nitrogen and oxygen atoms in total. The Hall–Kier alpha value is -1.96. The summed E-state index contributed by atoms with van der Waals surface area (Å²) in [6.07, 6.45) is 4.44. The van der Waals surface area contributed by atoms with Crippen molar-refractivity contribution in [3.63, 3.8) is 0 Å². The fourth-order valence-corrected chi connectivity index (χ4v) is 3.68. The molecule has 0 amide bonds. The maximum atomic E-state index is 6.12. The standard InChI is InChI=1S/C21H25N3O2.HI/c22-21(23-14-16-7-3-6-15-5-1-2-8-18(15)16)24-17-9-10-19-20(13-17)26-12-4-11-25-19;/h1-2,5,8-10,13,16H,3-4,6-7,11-12,14H2,(H3,22,23,24);1H. The lowest BCUT2D eigenvalue weighted by molar-refractivity contribution is 0.297. The smallest absolute Gasteiger partial charge is 0.193 e. The van der Waals surface area contributed by atoms with Crippen LogP contribution in [0.25, 0.3) is 0 Å². The van der Waals surface area contributed by atoms with Crippen LogP contribution in [0, 0.1) is 0 Å². The average Bonchev–Trinajstić information content (AvgIpc) is 2.91. The Bertz CT molecular complexity index is 810. The fraction of sp³-hybridized carbons (Fsp3) is 0.381. The monoisotopic (exact) mass is 479 g/mol. The van der Waals surface area contributed by atoms with Crippen molar-refractivity contribution in [2.24, 2.45) is 10.7 Å². The largest absolute Gasteiger partial charge is 0.490 e. The second-order valence-corrected chi connectivity index (χ2v) is 6.85. The molecule has 1 aliphatic carbocycles. The molecule has 1 atom stereocenters. The van der Waals surface area contributed by atoms with Gasteiger partial charge in [0.05, 0.1) is 13.2 Å². The number of nitrogens with zero attached hydrogens (tertiary/aromatic N) is 1. The number of fused-ring (bicyclic) bond motifs is 2. The van der Waals surface area contributed by atoms with Crippen LogP contribution in [-0.2, 0) is 6.42 Å². The molecular formula is C21H26IN3O2. The lowest BCUT2D eigenvalue weighted by Gasteiger charge is -2.24. The number of hydrogen-bond donors (Lipinski definition) is 2. The average molecular weight is 479 g/mol. The summed E-state index contributed by atoms with van der Waals surface area (Å²) in [4.78, 5) is 4.58. The number of nitrogens with one attached hydrogen (secondary N) is 1. The molecule has 144 valence electrons. The molecule has 2 aliphatic rings. The number of nitrogens with two attached hydrogens (primary N) is 1. The minimum atomic E-state index is 0. The van der Waals surface area contributed by atoms with Gasteiger partial charge in [0.1, 0.15) is 0 Å². The van der Waals surface area contributed by atoms with Gasteiger partial charge in [0.2, 0.25) is 0 Å². The summed E-state index contributed by atoms with van der Waals surface area (Å²) < 4.78 is 11.4. The SMILES string of the molecule is I.NC(=NCC1CCCc2ccccc21)Nc1ccc2c(c1)OCCCO2. The van der Waals surface area contributed by atoms with Gasteiger partial charge in [-0.1, -0.05) is 24.3 Å². The Morgan fingerprint density at radius 2 is 1.89 bits per heavy atom. The molecule has 27 heavy (non-hydrogen) atoms. The summed E-state index contributed by atoms with van der Waals surface area (Å²) in [6, 6.07) is 14.4. The zero-order valence-electron chi connectivity index (χ0n) is 15.3. The molecule has 0 radical (unpaired) electrons. The van der Waals surface area contributed by atoms with E-state index in [-0.39, 0.29) is 24.0 Å². The van der Waals surface area contributed by atoms with Crippen LogP contribution >= 0.6 is 24.0 Å². The lowest BCUT2D eigenvalue weighted by Crippen LogP contribution is -2.24. The Morgan fingerprint density at radius 3 is 2.78 bits per heavy atom. The van der Waals surface area contributed by atoms with Gasteiger partial charge < -0.3 is 20.5 Å². The number of aliphatic imine (C=N–C) groups is 1. The molecule has 0 spiro atoms. The van der Waals surface area contributed by atoms with E-state index in [1.807, 2.05) is 18.2 Å². The molecule has 1 unspecified atom stereocenters. The van der Waals surface area contributed by atoms with Crippen molar-refractivity contribution in [3.05, 3.63) is 53.6 Å². The fourth-order valence-electron chi connectivity index (χ4n) is 3.68. The Morgan fingerprint density at radius 1 is 1.07 bits per heavy atom. The first-order valence-electron chi connectivity index (χ1n) is 9.34. The van der Waals surface area contributed by atoms with E-state index in [1.54, 1.807) is 0 Å². The normalized spacial score (nSPS) is 18.7. The molecule has 0 saturated carbocycles. The third-order valence-corrected chi connectivity index (χ3v) is 5.00. The van der Waals surface area contributed by atoms with Crippen LogP contribution in [0.3, 0.4) is 0 Å². The Balaban J connectivity index is 0.00000210. The Kier molecular flexibility index (Phi) is 6.82. The first-order chi connectivity index (χ1) is 12.8. The summed E-state index contributed by atoms with van der Waals surface area (Å²) in [6.45, 7) is 2.06. The minimum Gasteiger partial charge on any atom is -0.490 e. The second-order valence-electron chi connectivity index (χ2n) is 6.85. The maximum Gasteiger partial charge on any atom is 0.193 e. The molecule has 0 bridgehead atoms. The van der Waals surface area contributed by atoms with Crippen LogP contribution in [0.5, 0.6) is 11.5 Å². The van der Waals surface area contributed by atoms with Crippen molar-refractivity contribution in [3.8, 4) is 11.5 Å². The first-order valence-corrected chi connectivity index (χ1v) is 9.34. The van der Waals surface area contributed by atoms with Gasteiger partial charge in [-0.05, 0) is 42.5 Å². The van der Waals surface area contributed by atoms with Crippen molar-refractivity contribution < 1.29 is 9.47 Å². The van der Waals surface area contributed by atoms with E-state index in [4.69, 9.17) is 15.2 Å². The molecule has 1 aliphatic heterocycles. The van der Waals surface area contributed by atoms with Gasteiger partial charge in [0.25, 0.3) is 0 Å². The molecule has 0 aromatic heterocycles. The van der Waals surface area contributed by atoms with Gasteiger partial charge in [0, 0.05) is 30.6 Å². The van der Waals surface area contributed by atoms with E-state index in [0.29, 0.717) is 31.6 Å². The van der Waals surface area contributed by atoms with Crippen LogP contribution in [0.2, 0.25) is 0 Å². The van der Waals surface area contributed by atoms with Gasteiger partial charge >= 0.3 is 0 Å². The van der Waals surface area contributed by atoms with Gasteiger partial charge in [-0.2, -0.15) is 0 Å². The predicted octanol–water partition coefficient (Wildman–Crippen LogP) is 4.31. The van der Waals surface area contributed by atoms with Crippen LogP contribution in [0.1, 0.15) is 36.3 Å². The van der Waals surface area contributed by atoms with Crippen LogP contribution in [0.15, 0.2) is 47.5 Å². The van der Waals surface area contributed by atoms with Crippen molar-refractivity contribution in [2.45, 2.75) is 31.6 Å². The number of rotatable bonds is 3. The molecule has 3 N–H and O–H groups in total. The molecule has 0 saturated heterocycles. The summed E-state index contributed by atoms with van der Waals surface area (Å²) in [5.74, 6) is 2.41. The highest BCUT2D eigenvalue weighted by molar-refractivity contribution is 14.0. The van der Waals surface area contributed by atoms with Crippen molar-refractivity contribution >= 4 is 35.6 Å². The number of aryl methyl sites for hydroxylation is 1. The topological polar surface area (TPSA) is 68.9 Å². The van der Waals surface area contributed by atoms with Gasteiger partial charge in [0.15, 0.2) is 17.5 Å². The van der Waals surface area contributed by atoms with Crippen molar-refractivity contribution in [2.75, 3.05) is 25.1 Å². The van der Waals surface area contributed by atoms with Crippen molar-refractivity contribution in [1.29, 1.82) is 0 Å². The maximum absolute atomic E-state index is 6.12. The zero-order chi connectivity index (χ0) is 17.8. The van der Waals surface area contributed by atoms with Crippen LogP contribution < -0.4 is 20.5 Å². The number of anilines is 1. The molecule has 4 rings (SSSR count). The third-order valence-electron chi connectivity index (χ3n) is 5.00. The number of ether oxygens (including phenoxy) is 2. The lowest BCUT2D eigenvalue weighted by atomic mass is 9.83. The number of halogens is 1. The van der Waals surface area contributed by atoms with Crippen molar-refractivity contribution in [1.82, 2.24) is 0 Å². The minimum absolute atomic E-state index is 0. The van der Waals surface area contributed by atoms with Gasteiger partial charge in [-0.25, -0.2) is 0 Å². The van der Waals surface area contributed by atoms with E-state index < -0.39 is 0 Å². The molecular weight excluding hydrogens is 453 g/mol. The quantitative estimate of drug-likeness (QED) is 0.391. The highest BCUT2D eigenvalue weighted by Gasteiger charge is 2.19. The van der Waals surface area contributed by atoms with Gasteiger partial charge in [-0.15, -0.1) is 24.0 Å². The third kappa shape index (κ3) is 4.86. The number of benzene rings is 2. The Labute approximate surface area is 177 Å². The summed E-state index contributed by atoms with van der Waals surface area (Å²) in [5, 5.41) is 3.17. The molecule has 2 aromatic rings. The predicted molar refractivity (Wildman–Crippen MR) is 120 cm³/mol. The van der Waals surface area contributed by atoms with E-state index >= 15 is 0 Å². The van der Waals surface area contributed by atoms with Crippen LogP contribution in [-0.4, -0.2) is 25.7 Å². The number of guanidine groups is 1. The second kappa shape index (κ2) is 9.30. The molecule has 6 heteroatoms. The zero-order valence-corrected chi connectivity index (χ0v) is 17.6. The molecule has 0 fully saturated rings. The summed E-state index contributed by atoms with van der Waals surface area (Å²) >= 11 is 0. The highest BCUT2D eigenvalue weighted by Crippen LogP contribution is 2.33. The molecule has 1 heterocycles. The summed E-state index contributed by atoms with van der Waals surface area (Å²) in [7, 11) is 0. The van der Waals surface area contributed by atoms with Crippen LogP contribution in [0.4, 0.5) is 5.69 Å². The van der Waals surface area contributed by atoms with E-state index in [2.05, 4.69) is 34.6 Å². The first kappa shape index (κ1) is 19.8. The highest BCUT2D eigenvalue weighted by atomic mass is 127. The van der Waals surface area contributed by atoms with E-state index in [1.165, 1.54) is 24.0 Å².